The fourth-order valence-electron chi connectivity index (χ4n) is 2.62. The maximum atomic E-state index is 6.06. The molecule has 2 aromatic rings. The van der Waals surface area contributed by atoms with Gasteiger partial charge in [-0.15, -0.1) is 0 Å². The van der Waals surface area contributed by atoms with Gasteiger partial charge in [0.05, 0.1) is 0 Å². The molecule has 1 aromatic heterocycles. The van der Waals surface area contributed by atoms with E-state index in [-0.39, 0.29) is 0 Å². The van der Waals surface area contributed by atoms with Gasteiger partial charge in [-0.1, -0.05) is 17.7 Å². The smallest absolute Gasteiger partial charge is 0.137 e. The summed E-state index contributed by atoms with van der Waals surface area (Å²) in [5.41, 5.74) is 7.98. The van der Waals surface area contributed by atoms with Crippen LogP contribution in [0.1, 0.15) is 5.56 Å². The molecule has 1 aliphatic heterocycles. The van der Waals surface area contributed by atoms with Crippen LogP contribution in [0.3, 0.4) is 0 Å². The van der Waals surface area contributed by atoms with Gasteiger partial charge in [-0.25, -0.2) is 9.97 Å². The summed E-state index contributed by atoms with van der Waals surface area (Å²) >= 11 is 6.06. The molecule has 6 heteroatoms. The summed E-state index contributed by atoms with van der Waals surface area (Å²) in [6.07, 6.45) is 1.53. The first-order chi connectivity index (χ1) is 10.1. The van der Waals surface area contributed by atoms with Crippen LogP contribution >= 0.6 is 11.6 Å². The predicted octanol–water partition coefficient (Wildman–Crippen LogP) is 2.35. The number of halogens is 1. The second-order valence-corrected chi connectivity index (χ2v) is 5.60. The zero-order valence-electron chi connectivity index (χ0n) is 12.0. The highest BCUT2D eigenvalue weighted by Crippen LogP contribution is 2.24. The summed E-state index contributed by atoms with van der Waals surface area (Å²) in [7, 11) is 0. The first-order valence-corrected chi connectivity index (χ1v) is 7.35. The van der Waals surface area contributed by atoms with Crippen molar-refractivity contribution in [2.75, 3.05) is 41.7 Å². The van der Waals surface area contributed by atoms with Crippen LogP contribution in [0.4, 0.5) is 17.3 Å². The maximum absolute atomic E-state index is 6.06. The van der Waals surface area contributed by atoms with E-state index in [4.69, 9.17) is 17.3 Å². The molecule has 0 bridgehead atoms. The lowest BCUT2D eigenvalue weighted by Crippen LogP contribution is -2.47. The zero-order chi connectivity index (χ0) is 14.8. The number of nitrogen functional groups attached to an aromatic ring is 1. The summed E-state index contributed by atoms with van der Waals surface area (Å²) in [5, 5.41) is 0.773. The van der Waals surface area contributed by atoms with Gasteiger partial charge in [0.1, 0.15) is 18.0 Å². The van der Waals surface area contributed by atoms with Crippen molar-refractivity contribution in [1.29, 1.82) is 0 Å². The Morgan fingerprint density at radius 1 is 1.10 bits per heavy atom. The van der Waals surface area contributed by atoms with Gasteiger partial charge in [0.2, 0.25) is 0 Å². The van der Waals surface area contributed by atoms with Crippen molar-refractivity contribution in [1.82, 2.24) is 9.97 Å². The molecule has 110 valence electrons. The average molecular weight is 304 g/mol. The van der Waals surface area contributed by atoms with Crippen molar-refractivity contribution in [3.63, 3.8) is 0 Å². The first-order valence-electron chi connectivity index (χ1n) is 6.97. The van der Waals surface area contributed by atoms with Gasteiger partial charge in [0, 0.05) is 42.5 Å². The summed E-state index contributed by atoms with van der Waals surface area (Å²) in [4.78, 5) is 13.0. The molecule has 0 radical (unpaired) electrons. The van der Waals surface area contributed by atoms with E-state index in [2.05, 4.69) is 25.8 Å². The lowest BCUT2D eigenvalue weighted by atomic mass is 10.2. The van der Waals surface area contributed by atoms with Gasteiger partial charge in [-0.2, -0.15) is 0 Å². The van der Waals surface area contributed by atoms with Crippen LogP contribution in [0.5, 0.6) is 0 Å². The molecule has 21 heavy (non-hydrogen) atoms. The number of aromatic nitrogens is 2. The monoisotopic (exact) mass is 303 g/mol. The van der Waals surface area contributed by atoms with Crippen LogP contribution in [-0.4, -0.2) is 36.1 Å². The molecule has 1 aliphatic rings. The molecule has 5 nitrogen and oxygen atoms in total. The zero-order valence-corrected chi connectivity index (χ0v) is 12.7. The Morgan fingerprint density at radius 2 is 1.81 bits per heavy atom. The van der Waals surface area contributed by atoms with Crippen molar-refractivity contribution in [2.45, 2.75) is 6.92 Å². The highest BCUT2D eigenvalue weighted by Gasteiger charge is 2.20. The second kappa shape index (κ2) is 5.77. The van der Waals surface area contributed by atoms with Crippen LogP contribution in [-0.2, 0) is 0 Å². The highest BCUT2D eigenvalue weighted by molar-refractivity contribution is 6.30. The van der Waals surface area contributed by atoms with Crippen LogP contribution in [0.2, 0.25) is 5.02 Å². The largest absolute Gasteiger partial charge is 0.383 e. The van der Waals surface area contributed by atoms with E-state index < -0.39 is 0 Å². The molecule has 0 unspecified atom stereocenters. The van der Waals surface area contributed by atoms with Crippen molar-refractivity contribution in [2.24, 2.45) is 0 Å². The standard InChI is InChI=1S/C15H18ClN5/c1-11-14(17)18-10-19-15(11)21-7-5-20(6-8-21)13-4-2-3-12(16)9-13/h2-4,9-10H,5-8H2,1H3,(H2,17,18,19). The predicted molar refractivity (Wildman–Crippen MR) is 87.1 cm³/mol. The quantitative estimate of drug-likeness (QED) is 0.923. The van der Waals surface area contributed by atoms with Gasteiger partial charge < -0.3 is 15.5 Å². The maximum Gasteiger partial charge on any atom is 0.137 e. The second-order valence-electron chi connectivity index (χ2n) is 5.16. The van der Waals surface area contributed by atoms with Crippen molar-refractivity contribution in [3.8, 4) is 0 Å². The minimum absolute atomic E-state index is 0.553. The third kappa shape index (κ3) is 2.88. The van der Waals surface area contributed by atoms with Crippen molar-refractivity contribution >= 4 is 28.9 Å². The summed E-state index contributed by atoms with van der Waals surface area (Å²) in [6, 6.07) is 7.98. The highest BCUT2D eigenvalue weighted by atomic mass is 35.5. The van der Waals surface area contributed by atoms with E-state index in [9.17, 15) is 0 Å². The minimum Gasteiger partial charge on any atom is -0.383 e. The third-order valence-corrected chi connectivity index (χ3v) is 4.08. The Labute approximate surface area is 129 Å². The topological polar surface area (TPSA) is 58.3 Å². The number of nitrogens with two attached hydrogens (primary N) is 1. The minimum atomic E-state index is 0.553. The molecule has 0 spiro atoms. The molecule has 1 aromatic carbocycles. The number of hydrogen-bond acceptors (Lipinski definition) is 5. The van der Waals surface area contributed by atoms with E-state index in [1.54, 1.807) is 0 Å². The van der Waals surface area contributed by atoms with E-state index in [1.165, 1.54) is 12.0 Å². The molecule has 3 rings (SSSR count). The average Bonchev–Trinajstić information content (AvgIpc) is 2.50. The Hall–Kier alpha value is -2.01. The van der Waals surface area contributed by atoms with Gasteiger partial charge in [0.15, 0.2) is 0 Å². The van der Waals surface area contributed by atoms with Crippen LogP contribution in [0.25, 0.3) is 0 Å². The van der Waals surface area contributed by atoms with Crippen molar-refractivity contribution in [3.05, 3.63) is 41.2 Å². The molecular weight excluding hydrogens is 286 g/mol. The lowest BCUT2D eigenvalue weighted by molar-refractivity contribution is 0.645. The number of anilines is 3. The third-order valence-electron chi connectivity index (χ3n) is 3.85. The molecule has 2 heterocycles. The molecule has 1 saturated heterocycles. The molecule has 0 atom stereocenters. The molecular formula is C15H18ClN5. The molecule has 0 saturated carbocycles. The summed E-state index contributed by atoms with van der Waals surface area (Å²) in [5.74, 6) is 1.49. The molecule has 1 fully saturated rings. The Morgan fingerprint density at radius 3 is 2.52 bits per heavy atom. The van der Waals surface area contributed by atoms with Gasteiger partial charge >= 0.3 is 0 Å². The van der Waals surface area contributed by atoms with E-state index >= 15 is 0 Å². The Bertz CT molecular complexity index is 638. The summed E-state index contributed by atoms with van der Waals surface area (Å²) in [6.45, 7) is 5.65. The number of benzene rings is 1. The fraction of sp³-hybridized carbons (Fsp3) is 0.333. The number of hydrogen-bond donors (Lipinski definition) is 1. The van der Waals surface area contributed by atoms with Crippen LogP contribution < -0.4 is 15.5 Å². The van der Waals surface area contributed by atoms with Crippen LogP contribution in [0, 0.1) is 6.92 Å². The Kier molecular flexibility index (Phi) is 3.84. The van der Waals surface area contributed by atoms with Crippen molar-refractivity contribution < 1.29 is 0 Å². The lowest BCUT2D eigenvalue weighted by Gasteiger charge is -2.37. The number of piperazine rings is 1. The molecule has 0 aliphatic carbocycles. The van der Waals surface area contributed by atoms with Gasteiger partial charge in [-0.3, -0.25) is 0 Å². The molecule has 2 N–H and O–H groups in total. The fourth-order valence-corrected chi connectivity index (χ4v) is 2.81. The van der Waals surface area contributed by atoms with Gasteiger partial charge in [-0.05, 0) is 25.1 Å². The number of nitrogens with zero attached hydrogens (tertiary/aromatic N) is 4. The van der Waals surface area contributed by atoms with E-state index in [0.29, 0.717) is 5.82 Å². The van der Waals surface area contributed by atoms with Crippen LogP contribution in [0.15, 0.2) is 30.6 Å². The normalized spacial score (nSPS) is 15.3. The number of rotatable bonds is 2. The first kappa shape index (κ1) is 13.9. The summed E-state index contributed by atoms with van der Waals surface area (Å²) < 4.78 is 0. The van der Waals surface area contributed by atoms with Gasteiger partial charge in [0.25, 0.3) is 0 Å². The SMILES string of the molecule is Cc1c(N)ncnc1N1CCN(c2cccc(Cl)c2)CC1. The Balaban J connectivity index is 1.72. The molecule has 0 amide bonds. The van der Waals surface area contributed by atoms with E-state index in [0.717, 1.165) is 42.6 Å². The van der Waals surface area contributed by atoms with E-state index in [1.807, 2.05) is 25.1 Å².